The standard InChI is InChI=1S/C15H15Cl2N3O3S/c16-12-3-1-11(2-4-12)10-24(21,22)20-6-5-14(9-20)23-15-18-7-13(17)8-19-15/h1-4,7-8,14H,5-6,9-10H2/t14-/m0/s1. The van der Waals surface area contributed by atoms with Gasteiger partial charge in [0.25, 0.3) is 0 Å². The molecule has 1 aromatic carbocycles. The SMILES string of the molecule is O=S(=O)(Cc1ccc(Cl)cc1)N1CC[C@H](Oc2ncc(Cl)cn2)C1. The number of hydrogen-bond acceptors (Lipinski definition) is 5. The van der Waals surface area contributed by atoms with Crippen molar-refractivity contribution >= 4 is 33.2 Å². The molecule has 1 aliphatic heterocycles. The van der Waals surface area contributed by atoms with E-state index >= 15 is 0 Å². The van der Waals surface area contributed by atoms with Crippen LogP contribution in [0.1, 0.15) is 12.0 Å². The molecule has 24 heavy (non-hydrogen) atoms. The first-order chi connectivity index (χ1) is 11.4. The summed E-state index contributed by atoms with van der Waals surface area (Å²) in [7, 11) is -3.41. The molecule has 0 unspecified atom stereocenters. The predicted octanol–water partition coefficient (Wildman–Crippen LogP) is 2.77. The summed E-state index contributed by atoms with van der Waals surface area (Å²) in [5, 5.41) is 0.995. The quantitative estimate of drug-likeness (QED) is 0.788. The third-order valence-electron chi connectivity index (χ3n) is 3.63. The van der Waals surface area contributed by atoms with E-state index in [0.29, 0.717) is 28.6 Å². The topological polar surface area (TPSA) is 72.4 Å². The molecule has 0 aliphatic carbocycles. The van der Waals surface area contributed by atoms with Gasteiger partial charge in [0.2, 0.25) is 10.0 Å². The maximum atomic E-state index is 12.5. The average molecular weight is 388 g/mol. The van der Waals surface area contributed by atoms with Gasteiger partial charge in [-0.25, -0.2) is 18.4 Å². The molecule has 0 bridgehead atoms. The van der Waals surface area contributed by atoms with Gasteiger partial charge in [0, 0.05) is 11.6 Å². The molecular formula is C15H15Cl2N3O3S. The van der Waals surface area contributed by atoms with Gasteiger partial charge in [0.05, 0.1) is 29.7 Å². The Morgan fingerprint density at radius 2 is 1.79 bits per heavy atom. The first-order valence-electron chi connectivity index (χ1n) is 7.29. The number of nitrogens with zero attached hydrogens (tertiary/aromatic N) is 3. The summed E-state index contributed by atoms with van der Waals surface area (Å²) in [4.78, 5) is 7.92. The second-order valence-electron chi connectivity index (χ2n) is 5.45. The van der Waals surface area contributed by atoms with E-state index in [1.54, 1.807) is 24.3 Å². The normalized spacial score (nSPS) is 18.7. The molecule has 2 aromatic rings. The van der Waals surface area contributed by atoms with Crippen LogP contribution in [-0.4, -0.2) is 41.9 Å². The Balaban J connectivity index is 1.61. The van der Waals surface area contributed by atoms with E-state index in [2.05, 4.69) is 9.97 Å². The number of halogens is 2. The van der Waals surface area contributed by atoms with Crippen molar-refractivity contribution in [3.05, 3.63) is 52.3 Å². The van der Waals surface area contributed by atoms with Gasteiger partial charge in [0.1, 0.15) is 6.10 Å². The number of rotatable bonds is 5. The summed E-state index contributed by atoms with van der Waals surface area (Å²) in [5.74, 6) is -0.0612. The summed E-state index contributed by atoms with van der Waals surface area (Å²) in [5.41, 5.74) is 0.699. The molecule has 0 N–H and O–H groups in total. The summed E-state index contributed by atoms with van der Waals surface area (Å²) in [6, 6.07) is 6.98. The van der Waals surface area contributed by atoms with Crippen LogP contribution >= 0.6 is 23.2 Å². The summed E-state index contributed by atoms with van der Waals surface area (Å²) in [6.45, 7) is 0.691. The first kappa shape index (κ1) is 17.4. The van der Waals surface area contributed by atoms with Crippen molar-refractivity contribution in [2.75, 3.05) is 13.1 Å². The zero-order chi connectivity index (χ0) is 17.2. The van der Waals surface area contributed by atoms with Crippen LogP contribution < -0.4 is 4.74 Å². The average Bonchev–Trinajstić information content (AvgIpc) is 3.01. The van der Waals surface area contributed by atoms with E-state index in [1.165, 1.54) is 16.7 Å². The Bertz CT molecular complexity index is 798. The molecule has 0 amide bonds. The molecule has 0 radical (unpaired) electrons. The Morgan fingerprint density at radius 3 is 2.46 bits per heavy atom. The molecule has 3 rings (SSSR count). The lowest BCUT2D eigenvalue weighted by molar-refractivity contribution is 0.197. The molecule has 9 heteroatoms. The highest BCUT2D eigenvalue weighted by molar-refractivity contribution is 7.88. The van der Waals surface area contributed by atoms with E-state index in [1.807, 2.05) is 0 Å². The van der Waals surface area contributed by atoms with E-state index in [-0.39, 0.29) is 24.4 Å². The van der Waals surface area contributed by atoms with Crippen LogP contribution in [0.3, 0.4) is 0 Å². The minimum absolute atomic E-state index is 0.0612. The lowest BCUT2D eigenvalue weighted by Gasteiger charge is -2.16. The van der Waals surface area contributed by atoms with Gasteiger partial charge in [0.15, 0.2) is 0 Å². The second-order valence-corrected chi connectivity index (χ2v) is 8.29. The second kappa shape index (κ2) is 7.23. The van der Waals surface area contributed by atoms with Crippen LogP contribution in [0.25, 0.3) is 0 Å². The number of hydrogen-bond donors (Lipinski definition) is 0. The summed E-state index contributed by atoms with van der Waals surface area (Å²) < 4.78 is 32.1. The minimum atomic E-state index is -3.41. The van der Waals surface area contributed by atoms with E-state index < -0.39 is 10.0 Å². The van der Waals surface area contributed by atoms with Crippen molar-refractivity contribution < 1.29 is 13.2 Å². The monoisotopic (exact) mass is 387 g/mol. The van der Waals surface area contributed by atoms with Gasteiger partial charge < -0.3 is 4.74 Å². The number of aromatic nitrogens is 2. The molecule has 6 nitrogen and oxygen atoms in total. The van der Waals surface area contributed by atoms with Crippen molar-refractivity contribution in [2.45, 2.75) is 18.3 Å². The van der Waals surface area contributed by atoms with Crippen LogP contribution in [-0.2, 0) is 15.8 Å². The molecule has 2 heterocycles. The third-order valence-corrected chi connectivity index (χ3v) is 5.90. The summed E-state index contributed by atoms with van der Waals surface area (Å²) in [6.07, 6.45) is 3.19. The molecule has 1 aliphatic rings. The van der Waals surface area contributed by atoms with Crippen LogP contribution in [0.2, 0.25) is 10.0 Å². The molecule has 1 atom stereocenters. The van der Waals surface area contributed by atoms with Crippen molar-refractivity contribution in [2.24, 2.45) is 0 Å². The molecule has 1 aromatic heterocycles. The van der Waals surface area contributed by atoms with Gasteiger partial charge >= 0.3 is 6.01 Å². The Hall–Kier alpha value is -1.41. The minimum Gasteiger partial charge on any atom is -0.459 e. The van der Waals surface area contributed by atoms with E-state index in [9.17, 15) is 8.42 Å². The molecule has 1 saturated heterocycles. The zero-order valence-corrected chi connectivity index (χ0v) is 14.9. The Labute approximate surface area is 150 Å². The van der Waals surface area contributed by atoms with Gasteiger partial charge in [-0.15, -0.1) is 0 Å². The van der Waals surface area contributed by atoms with Crippen LogP contribution in [0.4, 0.5) is 0 Å². The fourth-order valence-electron chi connectivity index (χ4n) is 2.44. The van der Waals surface area contributed by atoms with E-state index in [0.717, 1.165) is 0 Å². The first-order valence-corrected chi connectivity index (χ1v) is 9.65. The highest BCUT2D eigenvalue weighted by atomic mass is 35.5. The maximum Gasteiger partial charge on any atom is 0.316 e. The molecule has 0 saturated carbocycles. The lowest BCUT2D eigenvalue weighted by Crippen LogP contribution is -2.32. The number of sulfonamides is 1. The van der Waals surface area contributed by atoms with Crippen molar-refractivity contribution in [3.8, 4) is 6.01 Å². The fourth-order valence-corrected chi connectivity index (χ4v) is 4.24. The number of benzene rings is 1. The largest absolute Gasteiger partial charge is 0.459 e. The van der Waals surface area contributed by atoms with Gasteiger partial charge in [-0.2, -0.15) is 4.31 Å². The van der Waals surface area contributed by atoms with Gasteiger partial charge in [-0.3, -0.25) is 0 Å². The highest BCUT2D eigenvalue weighted by Crippen LogP contribution is 2.21. The lowest BCUT2D eigenvalue weighted by atomic mass is 10.2. The highest BCUT2D eigenvalue weighted by Gasteiger charge is 2.33. The van der Waals surface area contributed by atoms with Crippen molar-refractivity contribution in [1.29, 1.82) is 0 Å². The Kier molecular flexibility index (Phi) is 5.24. The molecule has 128 valence electrons. The zero-order valence-electron chi connectivity index (χ0n) is 12.6. The molecular weight excluding hydrogens is 373 g/mol. The predicted molar refractivity (Wildman–Crippen MR) is 91.7 cm³/mol. The van der Waals surface area contributed by atoms with Crippen LogP contribution in [0.15, 0.2) is 36.7 Å². The molecule has 0 spiro atoms. The van der Waals surface area contributed by atoms with Crippen molar-refractivity contribution in [3.63, 3.8) is 0 Å². The Morgan fingerprint density at radius 1 is 1.12 bits per heavy atom. The maximum absolute atomic E-state index is 12.5. The van der Waals surface area contributed by atoms with Crippen LogP contribution in [0, 0.1) is 0 Å². The number of ether oxygens (including phenoxy) is 1. The van der Waals surface area contributed by atoms with Crippen molar-refractivity contribution in [1.82, 2.24) is 14.3 Å². The summed E-state index contributed by atoms with van der Waals surface area (Å²) >= 11 is 11.5. The third kappa shape index (κ3) is 4.36. The smallest absolute Gasteiger partial charge is 0.316 e. The van der Waals surface area contributed by atoms with E-state index in [4.69, 9.17) is 27.9 Å². The molecule has 1 fully saturated rings. The van der Waals surface area contributed by atoms with Gasteiger partial charge in [-0.05, 0) is 24.1 Å². The fraction of sp³-hybridized carbons (Fsp3) is 0.333. The van der Waals surface area contributed by atoms with Gasteiger partial charge in [-0.1, -0.05) is 35.3 Å². The van der Waals surface area contributed by atoms with Crippen LogP contribution in [0.5, 0.6) is 6.01 Å².